The van der Waals surface area contributed by atoms with Crippen LogP contribution in [0.4, 0.5) is 0 Å². The molecule has 1 aromatic carbocycles. The molecule has 1 saturated heterocycles. The molecule has 0 aromatic heterocycles. The zero-order chi connectivity index (χ0) is 19.5. The van der Waals surface area contributed by atoms with Gasteiger partial charge in [0, 0.05) is 18.7 Å². The minimum Gasteiger partial charge on any atom is -0.341 e. The Morgan fingerprint density at radius 3 is 2.08 bits per heavy atom. The third-order valence-electron chi connectivity index (χ3n) is 5.33. The number of carbonyl (C=O) groups is 2. The Balaban J connectivity index is 2.07. The molecular weight excluding hydrogens is 324 g/mol. The lowest BCUT2D eigenvalue weighted by molar-refractivity contribution is -0.135. The highest BCUT2D eigenvalue weighted by Crippen LogP contribution is 2.22. The molecule has 2 amide bonds. The van der Waals surface area contributed by atoms with Gasteiger partial charge in [-0.25, -0.2) is 0 Å². The molecule has 0 radical (unpaired) electrons. The number of piperidine rings is 1. The predicted octanol–water partition coefficient (Wildman–Crippen LogP) is 4.00. The SMILES string of the molecule is CC1CCN(C(=O)C(NC(=O)c2ccc(C(C)(C)C)cc2)C(C)C)CC1. The van der Waals surface area contributed by atoms with Gasteiger partial charge >= 0.3 is 0 Å². The molecule has 1 atom stereocenters. The summed E-state index contributed by atoms with van der Waals surface area (Å²) < 4.78 is 0. The van der Waals surface area contributed by atoms with Crippen molar-refractivity contribution in [3.8, 4) is 0 Å². The summed E-state index contributed by atoms with van der Waals surface area (Å²) in [6.07, 6.45) is 2.08. The quantitative estimate of drug-likeness (QED) is 0.884. The molecule has 1 heterocycles. The number of nitrogens with one attached hydrogen (secondary N) is 1. The van der Waals surface area contributed by atoms with Gasteiger partial charge in [-0.1, -0.05) is 53.7 Å². The number of amides is 2. The van der Waals surface area contributed by atoms with Crippen LogP contribution in [0, 0.1) is 11.8 Å². The van der Waals surface area contributed by atoms with Crippen molar-refractivity contribution < 1.29 is 9.59 Å². The topological polar surface area (TPSA) is 49.4 Å². The fourth-order valence-electron chi connectivity index (χ4n) is 3.29. The van der Waals surface area contributed by atoms with Crippen molar-refractivity contribution in [3.05, 3.63) is 35.4 Å². The molecule has 26 heavy (non-hydrogen) atoms. The second kappa shape index (κ2) is 8.24. The van der Waals surface area contributed by atoms with E-state index in [0.717, 1.165) is 25.9 Å². The Bertz CT molecular complexity index is 621. The number of carbonyl (C=O) groups excluding carboxylic acids is 2. The Morgan fingerprint density at radius 2 is 1.62 bits per heavy atom. The number of rotatable bonds is 4. The average Bonchev–Trinajstić information content (AvgIpc) is 2.58. The summed E-state index contributed by atoms with van der Waals surface area (Å²) in [5, 5.41) is 2.97. The summed E-state index contributed by atoms with van der Waals surface area (Å²) in [5.74, 6) is 0.599. The van der Waals surface area contributed by atoms with E-state index < -0.39 is 6.04 Å². The molecule has 0 aliphatic carbocycles. The monoisotopic (exact) mass is 358 g/mol. The van der Waals surface area contributed by atoms with Crippen molar-refractivity contribution >= 4 is 11.8 Å². The molecule has 0 saturated carbocycles. The van der Waals surface area contributed by atoms with E-state index in [9.17, 15) is 9.59 Å². The fourth-order valence-corrected chi connectivity index (χ4v) is 3.29. The van der Waals surface area contributed by atoms with Crippen LogP contribution in [-0.4, -0.2) is 35.8 Å². The number of hydrogen-bond donors (Lipinski definition) is 1. The summed E-state index contributed by atoms with van der Waals surface area (Å²) in [6.45, 7) is 14.2. The smallest absolute Gasteiger partial charge is 0.251 e. The van der Waals surface area contributed by atoms with Crippen molar-refractivity contribution in [2.75, 3.05) is 13.1 Å². The number of likely N-dealkylation sites (tertiary alicyclic amines) is 1. The van der Waals surface area contributed by atoms with E-state index in [2.05, 4.69) is 33.0 Å². The fraction of sp³-hybridized carbons (Fsp3) is 0.636. The van der Waals surface area contributed by atoms with Crippen LogP contribution in [0.2, 0.25) is 0 Å². The molecule has 4 nitrogen and oxygen atoms in total. The third-order valence-corrected chi connectivity index (χ3v) is 5.33. The standard InChI is InChI=1S/C22H34N2O2/c1-15(2)19(21(26)24-13-11-16(3)12-14-24)23-20(25)17-7-9-18(10-8-17)22(4,5)6/h7-10,15-16,19H,11-14H2,1-6H3,(H,23,25). The van der Waals surface area contributed by atoms with Crippen LogP contribution >= 0.6 is 0 Å². The number of benzene rings is 1. The van der Waals surface area contributed by atoms with Gasteiger partial charge in [-0.3, -0.25) is 9.59 Å². The third kappa shape index (κ3) is 5.09. The normalized spacial score (nSPS) is 17.3. The van der Waals surface area contributed by atoms with E-state index in [1.165, 1.54) is 5.56 Å². The zero-order valence-corrected chi connectivity index (χ0v) is 17.1. The summed E-state index contributed by atoms with van der Waals surface area (Å²) >= 11 is 0. The lowest BCUT2D eigenvalue weighted by atomic mass is 9.86. The summed E-state index contributed by atoms with van der Waals surface area (Å²) in [7, 11) is 0. The van der Waals surface area contributed by atoms with E-state index in [4.69, 9.17) is 0 Å². The van der Waals surface area contributed by atoms with Crippen molar-refractivity contribution in [1.29, 1.82) is 0 Å². The van der Waals surface area contributed by atoms with Gasteiger partial charge in [-0.15, -0.1) is 0 Å². The molecule has 1 unspecified atom stereocenters. The highest BCUT2D eigenvalue weighted by atomic mass is 16.2. The van der Waals surface area contributed by atoms with Gasteiger partial charge in [0.1, 0.15) is 6.04 Å². The highest BCUT2D eigenvalue weighted by Gasteiger charge is 2.30. The molecule has 1 fully saturated rings. The lowest BCUT2D eigenvalue weighted by Gasteiger charge is -2.34. The Kier molecular flexibility index (Phi) is 6.48. The van der Waals surface area contributed by atoms with Crippen LogP contribution in [-0.2, 0) is 10.2 Å². The average molecular weight is 359 g/mol. The van der Waals surface area contributed by atoms with Gasteiger partial charge in [0.2, 0.25) is 5.91 Å². The predicted molar refractivity (Wildman–Crippen MR) is 106 cm³/mol. The molecular formula is C22H34N2O2. The largest absolute Gasteiger partial charge is 0.341 e. The van der Waals surface area contributed by atoms with Gasteiger partial charge < -0.3 is 10.2 Å². The van der Waals surface area contributed by atoms with Crippen LogP contribution in [0.15, 0.2) is 24.3 Å². The van der Waals surface area contributed by atoms with Crippen molar-refractivity contribution in [1.82, 2.24) is 10.2 Å². The van der Waals surface area contributed by atoms with Gasteiger partial charge in [-0.2, -0.15) is 0 Å². The van der Waals surface area contributed by atoms with Crippen molar-refractivity contribution in [2.45, 2.75) is 65.8 Å². The van der Waals surface area contributed by atoms with E-state index in [1.54, 1.807) is 0 Å². The van der Waals surface area contributed by atoms with Gasteiger partial charge in [-0.05, 0) is 47.8 Å². The van der Waals surface area contributed by atoms with E-state index >= 15 is 0 Å². The van der Waals surface area contributed by atoms with E-state index in [1.807, 2.05) is 43.0 Å². The molecule has 1 N–H and O–H groups in total. The number of nitrogens with zero attached hydrogens (tertiary/aromatic N) is 1. The maximum Gasteiger partial charge on any atom is 0.251 e. The first-order valence-electron chi connectivity index (χ1n) is 9.79. The van der Waals surface area contributed by atoms with Crippen LogP contribution in [0.1, 0.15) is 70.3 Å². The molecule has 1 aliphatic heterocycles. The first-order valence-corrected chi connectivity index (χ1v) is 9.79. The van der Waals surface area contributed by atoms with Gasteiger partial charge in [0.05, 0.1) is 0 Å². The molecule has 144 valence electrons. The first-order chi connectivity index (χ1) is 12.1. The van der Waals surface area contributed by atoms with E-state index in [0.29, 0.717) is 11.5 Å². The second-order valence-electron chi connectivity index (χ2n) is 9.03. The molecule has 1 aromatic rings. The lowest BCUT2D eigenvalue weighted by Crippen LogP contribution is -2.52. The van der Waals surface area contributed by atoms with Gasteiger partial charge in [0.15, 0.2) is 0 Å². The first kappa shape index (κ1) is 20.5. The van der Waals surface area contributed by atoms with E-state index in [-0.39, 0.29) is 23.1 Å². The Morgan fingerprint density at radius 1 is 1.08 bits per heavy atom. The number of hydrogen-bond acceptors (Lipinski definition) is 2. The maximum atomic E-state index is 12.9. The zero-order valence-electron chi connectivity index (χ0n) is 17.1. The molecule has 0 spiro atoms. The highest BCUT2D eigenvalue weighted by molar-refractivity contribution is 5.97. The minimum absolute atomic E-state index is 0.0477. The Hall–Kier alpha value is -1.84. The molecule has 2 rings (SSSR count). The molecule has 1 aliphatic rings. The summed E-state index contributed by atoms with van der Waals surface area (Å²) in [6, 6.07) is 7.21. The molecule has 4 heteroatoms. The van der Waals surface area contributed by atoms with Gasteiger partial charge in [0.25, 0.3) is 5.91 Å². The second-order valence-corrected chi connectivity index (χ2v) is 9.03. The summed E-state index contributed by atoms with van der Waals surface area (Å²) in [4.78, 5) is 27.5. The Labute approximate surface area is 158 Å². The van der Waals surface area contributed by atoms with Crippen LogP contribution in [0.25, 0.3) is 0 Å². The maximum absolute atomic E-state index is 12.9. The van der Waals surface area contributed by atoms with Crippen LogP contribution in [0.3, 0.4) is 0 Å². The van der Waals surface area contributed by atoms with Crippen LogP contribution < -0.4 is 5.32 Å². The summed E-state index contributed by atoms with van der Waals surface area (Å²) in [5.41, 5.74) is 1.84. The van der Waals surface area contributed by atoms with Crippen molar-refractivity contribution in [2.24, 2.45) is 11.8 Å². The van der Waals surface area contributed by atoms with Crippen molar-refractivity contribution in [3.63, 3.8) is 0 Å². The molecule has 0 bridgehead atoms. The minimum atomic E-state index is -0.474. The van der Waals surface area contributed by atoms with Crippen LogP contribution in [0.5, 0.6) is 0 Å².